The summed E-state index contributed by atoms with van der Waals surface area (Å²) >= 11 is 6.09. The molecule has 3 amide bonds. The van der Waals surface area contributed by atoms with Crippen LogP contribution in [0.5, 0.6) is 5.75 Å². The molecule has 1 N–H and O–H groups in total. The Morgan fingerprint density at radius 3 is 2.65 bits per heavy atom. The molecule has 2 atom stereocenters. The van der Waals surface area contributed by atoms with Gasteiger partial charge in [-0.25, -0.2) is 13.7 Å². The molecule has 0 bridgehead atoms. The molecule has 2 aromatic rings. The Balaban J connectivity index is 1.50. The molecule has 31 heavy (non-hydrogen) atoms. The van der Waals surface area contributed by atoms with Crippen LogP contribution in [-0.4, -0.2) is 48.5 Å². The minimum Gasteiger partial charge on any atom is -0.495 e. The summed E-state index contributed by atoms with van der Waals surface area (Å²) in [5.74, 6) is -3.36. The minimum absolute atomic E-state index is 0.205. The molecule has 0 aromatic heterocycles. The Kier molecular flexibility index (Phi) is 5.27. The number of imide groups is 1. The smallest absolute Gasteiger partial charge is 0.263 e. The molecule has 2 heterocycles. The van der Waals surface area contributed by atoms with Crippen LogP contribution in [0.2, 0.25) is 5.02 Å². The molecule has 12 heteroatoms. The number of hydrogen-bond donors (Lipinski definition) is 1. The highest BCUT2D eigenvalue weighted by Crippen LogP contribution is 2.35. The molecule has 2 aliphatic heterocycles. The van der Waals surface area contributed by atoms with E-state index in [9.17, 15) is 23.2 Å². The van der Waals surface area contributed by atoms with Crippen molar-refractivity contribution in [2.45, 2.75) is 12.1 Å². The van der Waals surface area contributed by atoms with Crippen molar-refractivity contribution in [3.63, 3.8) is 0 Å². The Hall–Kier alpha value is -3.60. The second kappa shape index (κ2) is 7.91. The van der Waals surface area contributed by atoms with Crippen LogP contribution >= 0.6 is 11.6 Å². The van der Waals surface area contributed by atoms with Crippen LogP contribution in [0.3, 0.4) is 0 Å². The van der Waals surface area contributed by atoms with Crippen molar-refractivity contribution in [3.8, 4) is 5.75 Å². The van der Waals surface area contributed by atoms with Crippen molar-refractivity contribution < 1.29 is 27.9 Å². The van der Waals surface area contributed by atoms with Crippen molar-refractivity contribution in [2.75, 3.05) is 23.9 Å². The zero-order valence-electron chi connectivity index (χ0n) is 15.9. The Bertz CT molecular complexity index is 1130. The number of anilines is 2. The highest BCUT2D eigenvalue weighted by atomic mass is 35.5. The normalized spacial score (nSPS) is 19.7. The maximum absolute atomic E-state index is 13.7. The number of hydrogen-bond acceptors (Lipinski definition) is 7. The van der Waals surface area contributed by atoms with Crippen molar-refractivity contribution in [3.05, 3.63) is 53.1 Å². The molecule has 0 radical (unpaired) electrons. The van der Waals surface area contributed by atoms with Crippen LogP contribution in [0.15, 0.2) is 46.7 Å². The third kappa shape index (κ3) is 3.67. The van der Waals surface area contributed by atoms with Crippen molar-refractivity contribution in [2.24, 2.45) is 10.3 Å². The molecule has 9 nitrogen and oxygen atoms in total. The van der Waals surface area contributed by atoms with Gasteiger partial charge in [0, 0.05) is 6.07 Å². The number of halogens is 3. The first-order valence-electron chi connectivity index (χ1n) is 8.94. The number of nitrogens with one attached hydrogen (secondary N) is 1. The molecule has 2 aliphatic rings. The molecule has 0 aliphatic carbocycles. The molecule has 4 rings (SSSR count). The highest BCUT2D eigenvalue weighted by Gasteiger charge is 2.55. The van der Waals surface area contributed by atoms with Gasteiger partial charge in [0.1, 0.15) is 23.9 Å². The van der Waals surface area contributed by atoms with E-state index in [-0.39, 0.29) is 16.4 Å². The predicted molar refractivity (Wildman–Crippen MR) is 105 cm³/mol. The lowest BCUT2D eigenvalue weighted by Gasteiger charge is -2.20. The summed E-state index contributed by atoms with van der Waals surface area (Å²) in [6, 6.07) is 4.84. The summed E-state index contributed by atoms with van der Waals surface area (Å²) in [5, 5.41) is 11.1. The number of rotatable bonds is 5. The largest absolute Gasteiger partial charge is 0.495 e. The summed E-state index contributed by atoms with van der Waals surface area (Å²) in [7, 11) is 1.43. The van der Waals surface area contributed by atoms with Gasteiger partial charge in [-0.15, -0.1) is 0 Å². The maximum atomic E-state index is 13.7. The summed E-state index contributed by atoms with van der Waals surface area (Å²) in [5.41, 5.74) is -0.00871. The van der Waals surface area contributed by atoms with E-state index >= 15 is 0 Å². The molecular formula is C19H14ClF2N5O4. The molecule has 2 aromatic carbocycles. The monoisotopic (exact) mass is 449 g/mol. The van der Waals surface area contributed by atoms with E-state index in [1.807, 2.05) is 0 Å². The molecule has 0 spiro atoms. The minimum atomic E-state index is -1.13. The Morgan fingerprint density at radius 1 is 1.19 bits per heavy atom. The van der Waals surface area contributed by atoms with Gasteiger partial charge in [-0.1, -0.05) is 16.8 Å². The van der Waals surface area contributed by atoms with Crippen molar-refractivity contribution in [1.82, 2.24) is 5.01 Å². The fourth-order valence-electron chi connectivity index (χ4n) is 3.33. The quantitative estimate of drug-likeness (QED) is 0.706. The maximum Gasteiger partial charge on any atom is 0.263 e. The molecule has 0 unspecified atom stereocenters. The van der Waals surface area contributed by atoms with E-state index in [1.54, 1.807) is 0 Å². The zero-order valence-corrected chi connectivity index (χ0v) is 16.6. The molecule has 160 valence electrons. The van der Waals surface area contributed by atoms with Gasteiger partial charge in [-0.3, -0.25) is 19.4 Å². The zero-order chi connectivity index (χ0) is 22.3. The lowest BCUT2D eigenvalue weighted by atomic mass is 10.1. The topological polar surface area (TPSA) is 104 Å². The average Bonchev–Trinajstić information content (AvgIpc) is 3.24. The van der Waals surface area contributed by atoms with E-state index in [1.165, 1.54) is 25.3 Å². The summed E-state index contributed by atoms with van der Waals surface area (Å²) in [6.07, 6.45) is 0. The van der Waals surface area contributed by atoms with Gasteiger partial charge in [-0.2, -0.15) is 5.11 Å². The number of ether oxygens (including phenoxy) is 1. The molecular weight excluding hydrogens is 436 g/mol. The van der Waals surface area contributed by atoms with Gasteiger partial charge in [0.05, 0.1) is 23.5 Å². The van der Waals surface area contributed by atoms with Crippen molar-refractivity contribution in [1.29, 1.82) is 0 Å². The van der Waals surface area contributed by atoms with Gasteiger partial charge in [0.25, 0.3) is 11.8 Å². The lowest BCUT2D eigenvalue weighted by molar-refractivity contribution is -0.123. The van der Waals surface area contributed by atoms with Gasteiger partial charge in [0.15, 0.2) is 12.1 Å². The Labute approximate surface area is 179 Å². The number of fused-ring (bicyclic) bond motifs is 1. The summed E-state index contributed by atoms with van der Waals surface area (Å²) < 4.78 is 31.8. The molecule has 1 saturated heterocycles. The average molecular weight is 450 g/mol. The van der Waals surface area contributed by atoms with E-state index < -0.39 is 48.0 Å². The van der Waals surface area contributed by atoms with Crippen LogP contribution in [0.1, 0.15) is 0 Å². The standard InChI is InChI=1S/C19H14ClF2N5O4/c1-31-14-5-3-10(7-11(14)20)27-18(29)16-17(19(27)30)26(25-24-16)8-15(28)23-13-4-2-9(21)6-12(13)22/h2-7,16-17H,8H2,1H3,(H,23,28)/t16-,17-/m1/s1. The fraction of sp³-hybridized carbons (Fsp3) is 0.211. The first-order valence-corrected chi connectivity index (χ1v) is 9.31. The number of methoxy groups -OCH3 is 1. The number of carbonyl (C=O) groups is 3. The van der Waals surface area contributed by atoms with Gasteiger partial charge in [0.2, 0.25) is 5.91 Å². The van der Waals surface area contributed by atoms with E-state index in [0.29, 0.717) is 11.8 Å². The van der Waals surface area contributed by atoms with Crippen LogP contribution in [0.25, 0.3) is 0 Å². The summed E-state index contributed by atoms with van der Waals surface area (Å²) in [6.45, 7) is -0.474. The number of benzene rings is 2. The Morgan fingerprint density at radius 2 is 1.97 bits per heavy atom. The number of amides is 3. The molecule has 0 saturated carbocycles. The summed E-state index contributed by atoms with van der Waals surface area (Å²) in [4.78, 5) is 38.9. The first kappa shape index (κ1) is 20.7. The third-order valence-corrected chi connectivity index (χ3v) is 5.06. The third-order valence-electron chi connectivity index (χ3n) is 4.76. The van der Waals surface area contributed by atoms with Gasteiger partial charge >= 0.3 is 0 Å². The van der Waals surface area contributed by atoms with Gasteiger partial charge in [-0.05, 0) is 30.3 Å². The van der Waals surface area contributed by atoms with Crippen LogP contribution in [0.4, 0.5) is 20.2 Å². The van der Waals surface area contributed by atoms with Crippen LogP contribution < -0.4 is 15.0 Å². The highest BCUT2D eigenvalue weighted by molar-refractivity contribution is 6.33. The number of nitrogens with zero attached hydrogens (tertiary/aromatic N) is 4. The van der Waals surface area contributed by atoms with Crippen LogP contribution in [0, 0.1) is 11.6 Å². The van der Waals surface area contributed by atoms with E-state index in [4.69, 9.17) is 16.3 Å². The predicted octanol–water partition coefficient (Wildman–Crippen LogP) is 2.56. The second-order valence-electron chi connectivity index (χ2n) is 6.70. The van der Waals surface area contributed by atoms with E-state index in [2.05, 4.69) is 15.7 Å². The van der Waals surface area contributed by atoms with Crippen LogP contribution in [-0.2, 0) is 14.4 Å². The lowest BCUT2D eigenvalue weighted by Crippen LogP contribution is -2.43. The fourth-order valence-corrected chi connectivity index (χ4v) is 3.58. The van der Waals surface area contributed by atoms with Gasteiger partial charge < -0.3 is 10.1 Å². The SMILES string of the molecule is COc1ccc(N2C(=O)[C@@H]3N=NN(CC(=O)Nc4ccc(F)cc4F)[C@H]3C2=O)cc1Cl. The number of carbonyl (C=O) groups excluding carboxylic acids is 3. The van der Waals surface area contributed by atoms with E-state index in [0.717, 1.165) is 22.0 Å². The second-order valence-corrected chi connectivity index (χ2v) is 7.10. The van der Waals surface area contributed by atoms with Crippen molar-refractivity contribution >= 4 is 40.7 Å². The first-order chi connectivity index (χ1) is 14.8. The molecule has 1 fully saturated rings.